The summed E-state index contributed by atoms with van der Waals surface area (Å²) in [5.41, 5.74) is 3.92. The van der Waals surface area contributed by atoms with Crippen LogP contribution in [0.5, 0.6) is 11.5 Å². The normalized spacial score (nSPS) is 10.3. The van der Waals surface area contributed by atoms with Gasteiger partial charge < -0.3 is 14.5 Å². The Labute approximate surface area is 157 Å². The van der Waals surface area contributed by atoms with Gasteiger partial charge in [-0.2, -0.15) is 5.26 Å². The van der Waals surface area contributed by atoms with E-state index in [4.69, 9.17) is 9.47 Å². The number of nitrogens with zero attached hydrogens (tertiary/aromatic N) is 1. The van der Waals surface area contributed by atoms with Crippen molar-refractivity contribution in [1.82, 2.24) is 4.98 Å². The van der Waals surface area contributed by atoms with Crippen LogP contribution in [-0.4, -0.2) is 12.1 Å². The fourth-order valence-corrected chi connectivity index (χ4v) is 2.83. The van der Waals surface area contributed by atoms with Crippen LogP contribution in [0, 0.1) is 25.2 Å². The highest BCUT2D eigenvalue weighted by Gasteiger charge is 2.13. The molecule has 0 bridgehead atoms. The molecule has 0 unspecified atom stereocenters. The summed E-state index contributed by atoms with van der Waals surface area (Å²) in [6, 6.07) is 17.3. The van der Waals surface area contributed by atoms with Crippen LogP contribution < -0.4 is 15.0 Å². The molecule has 1 N–H and O–H groups in total. The third kappa shape index (κ3) is 4.01. The summed E-state index contributed by atoms with van der Waals surface area (Å²) in [5, 5.41) is 9.34. The van der Waals surface area contributed by atoms with E-state index in [-0.39, 0.29) is 5.56 Å². The summed E-state index contributed by atoms with van der Waals surface area (Å²) in [5.74, 6) is 1.14. The molecule has 0 saturated heterocycles. The van der Waals surface area contributed by atoms with Crippen molar-refractivity contribution < 1.29 is 9.47 Å². The van der Waals surface area contributed by atoms with E-state index in [1.165, 1.54) is 5.56 Å². The Kier molecular flexibility index (Phi) is 5.28. The molecule has 1 aromatic heterocycles. The molecule has 27 heavy (non-hydrogen) atoms. The Morgan fingerprint density at radius 2 is 1.78 bits per heavy atom. The first-order valence-corrected chi connectivity index (χ1v) is 8.52. The molecule has 0 spiro atoms. The van der Waals surface area contributed by atoms with Gasteiger partial charge in [-0.1, -0.05) is 35.9 Å². The van der Waals surface area contributed by atoms with E-state index < -0.39 is 5.56 Å². The van der Waals surface area contributed by atoms with Crippen LogP contribution in [0.25, 0.3) is 11.1 Å². The molecule has 5 heteroatoms. The highest BCUT2D eigenvalue weighted by atomic mass is 16.5. The fraction of sp³-hybridized carbons (Fsp3) is 0.182. The topological polar surface area (TPSA) is 75.1 Å². The number of aryl methyl sites for hydroxylation is 2. The molecule has 0 aliphatic carbocycles. The summed E-state index contributed by atoms with van der Waals surface area (Å²) in [6.07, 6.45) is 0. The van der Waals surface area contributed by atoms with Crippen LogP contribution in [0.15, 0.2) is 53.3 Å². The van der Waals surface area contributed by atoms with Crippen molar-refractivity contribution in [2.24, 2.45) is 0 Å². The number of H-pyrrole nitrogens is 1. The van der Waals surface area contributed by atoms with E-state index in [1.807, 2.05) is 43.3 Å². The lowest BCUT2D eigenvalue weighted by Gasteiger charge is -2.13. The van der Waals surface area contributed by atoms with Gasteiger partial charge >= 0.3 is 0 Å². The molecule has 3 rings (SSSR count). The van der Waals surface area contributed by atoms with Gasteiger partial charge in [-0.3, -0.25) is 4.79 Å². The lowest BCUT2D eigenvalue weighted by molar-refractivity contribution is 0.284. The minimum atomic E-state index is -0.397. The number of hydrogen-bond acceptors (Lipinski definition) is 4. The molecule has 0 saturated carbocycles. The van der Waals surface area contributed by atoms with Crippen LogP contribution in [-0.2, 0) is 6.61 Å². The van der Waals surface area contributed by atoms with E-state index in [2.05, 4.69) is 4.98 Å². The quantitative estimate of drug-likeness (QED) is 0.743. The first-order chi connectivity index (χ1) is 13.0. The average molecular weight is 360 g/mol. The SMILES string of the molecule is COc1cc(-c2cc(C)[nH]c(=O)c2C#N)ccc1OCc1ccc(C)cc1. The monoisotopic (exact) mass is 360 g/mol. The van der Waals surface area contributed by atoms with Crippen LogP contribution in [0.4, 0.5) is 0 Å². The van der Waals surface area contributed by atoms with Crippen molar-refractivity contribution in [2.75, 3.05) is 7.11 Å². The third-order valence-corrected chi connectivity index (χ3v) is 4.27. The van der Waals surface area contributed by atoms with Crippen molar-refractivity contribution in [2.45, 2.75) is 20.5 Å². The van der Waals surface area contributed by atoms with Crippen molar-refractivity contribution >= 4 is 0 Å². The van der Waals surface area contributed by atoms with Gasteiger partial charge in [0.15, 0.2) is 11.5 Å². The smallest absolute Gasteiger partial charge is 0.266 e. The van der Waals surface area contributed by atoms with Gasteiger partial charge in [0, 0.05) is 11.3 Å². The van der Waals surface area contributed by atoms with Crippen molar-refractivity contribution in [3.63, 3.8) is 0 Å². The van der Waals surface area contributed by atoms with Gasteiger partial charge in [-0.05, 0) is 43.2 Å². The van der Waals surface area contributed by atoms with E-state index in [1.54, 1.807) is 32.2 Å². The Hall–Kier alpha value is -3.52. The number of aromatic amines is 1. The number of pyridine rings is 1. The largest absolute Gasteiger partial charge is 0.493 e. The van der Waals surface area contributed by atoms with E-state index >= 15 is 0 Å². The van der Waals surface area contributed by atoms with Crippen LogP contribution in [0.3, 0.4) is 0 Å². The number of ether oxygens (including phenoxy) is 2. The molecule has 3 aromatic rings. The zero-order valence-electron chi connectivity index (χ0n) is 15.5. The second-order valence-corrected chi connectivity index (χ2v) is 6.32. The average Bonchev–Trinajstić information content (AvgIpc) is 2.67. The first-order valence-electron chi connectivity index (χ1n) is 8.52. The predicted molar refractivity (Wildman–Crippen MR) is 104 cm³/mol. The molecule has 5 nitrogen and oxygen atoms in total. The third-order valence-electron chi connectivity index (χ3n) is 4.27. The maximum Gasteiger partial charge on any atom is 0.266 e. The van der Waals surface area contributed by atoms with Crippen molar-refractivity contribution in [1.29, 1.82) is 5.26 Å². The maximum absolute atomic E-state index is 12.0. The molecule has 136 valence electrons. The van der Waals surface area contributed by atoms with Crippen LogP contribution in [0.2, 0.25) is 0 Å². The fourth-order valence-electron chi connectivity index (χ4n) is 2.83. The maximum atomic E-state index is 12.0. The second-order valence-electron chi connectivity index (χ2n) is 6.32. The van der Waals surface area contributed by atoms with E-state index in [0.29, 0.717) is 29.4 Å². The molecule has 1 heterocycles. The summed E-state index contributed by atoms with van der Waals surface area (Å²) in [7, 11) is 1.56. The molecular formula is C22H20N2O3. The summed E-state index contributed by atoms with van der Waals surface area (Å²) >= 11 is 0. The lowest BCUT2D eigenvalue weighted by atomic mass is 10.0. The Morgan fingerprint density at radius 1 is 1.04 bits per heavy atom. The van der Waals surface area contributed by atoms with Crippen LogP contribution >= 0.6 is 0 Å². The number of aromatic nitrogens is 1. The van der Waals surface area contributed by atoms with E-state index in [9.17, 15) is 10.1 Å². The standard InChI is InChI=1S/C22H20N2O3/c1-14-4-6-16(7-5-14)13-27-20-9-8-17(11-21(20)26-3)18-10-15(2)24-22(25)19(18)12-23/h4-11H,13H2,1-3H3,(H,24,25). The number of benzene rings is 2. The second kappa shape index (κ2) is 7.79. The van der Waals surface area contributed by atoms with Gasteiger partial charge in [-0.25, -0.2) is 0 Å². The molecule has 0 atom stereocenters. The first kappa shape index (κ1) is 18.3. The lowest BCUT2D eigenvalue weighted by Crippen LogP contribution is -2.12. The molecule has 0 amide bonds. The minimum absolute atomic E-state index is 0.0796. The molecular weight excluding hydrogens is 340 g/mol. The zero-order chi connectivity index (χ0) is 19.4. The van der Waals surface area contributed by atoms with Crippen molar-refractivity contribution in [3.05, 3.63) is 81.3 Å². The highest BCUT2D eigenvalue weighted by Crippen LogP contribution is 2.33. The van der Waals surface area contributed by atoms with Crippen molar-refractivity contribution in [3.8, 4) is 28.7 Å². The summed E-state index contributed by atoms with van der Waals surface area (Å²) < 4.78 is 11.3. The molecule has 0 aliphatic rings. The Morgan fingerprint density at radius 3 is 2.44 bits per heavy atom. The zero-order valence-corrected chi connectivity index (χ0v) is 15.5. The number of nitrogens with one attached hydrogen (secondary N) is 1. The number of rotatable bonds is 5. The highest BCUT2D eigenvalue weighted by molar-refractivity contribution is 5.72. The molecule has 0 fully saturated rings. The van der Waals surface area contributed by atoms with Gasteiger partial charge in [0.1, 0.15) is 18.2 Å². The van der Waals surface area contributed by atoms with E-state index in [0.717, 1.165) is 11.1 Å². The number of hydrogen-bond donors (Lipinski definition) is 1. The Bertz CT molecular complexity index is 1060. The van der Waals surface area contributed by atoms with Crippen LogP contribution in [0.1, 0.15) is 22.4 Å². The van der Waals surface area contributed by atoms with Gasteiger partial charge in [-0.15, -0.1) is 0 Å². The Balaban J connectivity index is 1.92. The molecule has 0 aliphatic heterocycles. The van der Waals surface area contributed by atoms with Gasteiger partial charge in [0.2, 0.25) is 0 Å². The summed E-state index contributed by atoms with van der Waals surface area (Å²) in [4.78, 5) is 14.7. The van der Waals surface area contributed by atoms with Gasteiger partial charge in [0.25, 0.3) is 5.56 Å². The predicted octanol–water partition coefficient (Wildman–Crippen LogP) is 4.12. The number of nitriles is 1. The molecule has 0 radical (unpaired) electrons. The molecule has 2 aromatic carbocycles. The minimum Gasteiger partial charge on any atom is -0.493 e. The summed E-state index contributed by atoms with van der Waals surface area (Å²) in [6.45, 7) is 4.24. The van der Waals surface area contributed by atoms with Gasteiger partial charge in [0.05, 0.1) is 7.11 Å². The number of methoxy groups -OCH3 is 1.